The third-order valence-electron chi connectivity index (χ3n) is 1.54. The Labute approximate surface area is 57.6 Å². The summed E-state index contributed by atoms with van der Waals surface area (Å²) in [5.74, 6) is -3.20. The third-order valence-corrected chi connectivity index (χ3v) is 1.54. The monoisotopic (exact) mass is 149 g/mol. The van der Waals surface area contributed by atoms with Gasteiger partial charge in [-0.15, -0.1) is 0 Å². The fourth-order valence-corrected chi connectivity index (χ4v) is 1.06. The quantitative estimate of drug-likeness (QED) is 0.548. The summed E-state index contributed by atoms with van der Waals surface area (Å²) in [5.41, 5.74) is 0. The summed E-state index contributed by atoms with van der Waals surface area (Å²) in [6.07, 6.45) is 0.281. The number of alkyl halides is 2. The zero-order chi connectivity index (χ0) is 7.61. The van der Waals surface area contributed by atoms with Crippen LogP contribution in [0.4, 0.5) is 8.78 Å². The molecule has 1 unspecified atom stereocenters. The van der Waals surface area contributed by atoms with Gasteiger partial charge in [0.15, 0.2) is 0 Å². The highest BCUT2D eigenvalue weighted by Crippen LogP contribution is 2.24. The molecule has 0 radical (unpaired) electrons. The Morgan fingerprint density at radius 1 is 1.60 bits per heavy atom. The second-order valence-electron chi connectivity index (χ2n) is 2.59. The average molecular weight is 149 g/mol. The van der Waals surface area contributed by atoms with Gasteiger partial charge in [-0.25, -0.2) is 8.78 Å². The smallest absolute Gasteiger partial charge is 0.261 e. The summed E-state index contributed by atoms with van der Waals surface area (Å²) in [7, 11) is 0. The molecule has 1 aliphatic heterocycles. The molecule has 0 saturated carbocycles. The minimum absolute atomic E-state index is 0.294. The Morgan fingerprint density at radius 2 is 2.30 bits per heavy atom. The average Bonchev–Trinajstić information content (AvgIpc) is 1.86. The predicted molar refractivity (Wildman–Crippen MR) is 32.0 cm³/mol. The van der Waals surface area contributed by atoms with Crippen LogP contribution < -0.4 is 5.32 Å². The van der Waals surface area contributed by atoms with Crippen LogP contribution >= 0.6 is 0 Å². The van der Waals surface area contributed by atoms with E-state index in [2.05, 4.69) is 5.32 Å². The first-order valence-corrected chi connectivity index (χ1v) is 3.18. The highest BCUT2D eigenvalue weighted by Gasteiger charge is 2.35. The van der Waals surface area contributed by atoms with Crippen molar-refractivity contribution in [1.29, 1.82) is 0 Å². The second kappa shape index (κ2) is 2.62. The maximum absolute atomic E-state index is 12.4. The lowest BCUT2D eigenvalue weighted by atomic mass is 9.99. The number of carbonyl (C=O) groups excluding carboxylic acids is 1. The van der Waals surface area contributed by atoms with Crippen LogP contribution in [-0.4, -0.2) is 25.3 Å². The molecule has 0 spiro atoms. The minimum Gasteiger partial charge on any atom is -0.310 e. The van der Waals surface area contributed by atoms with Gasteiger partial charge < -0.3 is 10.1 Å². The van der Waals surface area contributed by atoms with E-state index < -0.39 is 11.8 Å². The molecule has 58 valence electrons. The van der Waals surface area contributed by atoms with Gasteiger partial charge in [-0.3, -0.25) is 0 Å². The van der Waals surface area contributed by atoms with Crippen LogP contribution in [0, 0.1) is 5.92 Å². The number of rotatable bonds is 1. The van der Waals surface area contributed by atoms with Crippen LogP contribution in [0.3, 0.4) is 0 Å². The van der Waals surface area contributed by atoms with E-state index >= 15 is 0 Å². The molecule has 4 heteroatoms. The van der Waals surface area contributed by atoms with Crippen LogP contribution in [0.5, 0.6) is 0 Å². The lowest BCUT2D eigenvalue weighted by Gasteiger charge is -2.26. The molecule has 1 rings (SSSR count). The first-order chi connectivity index (χ1) is 4.64. The fraction of sp³-hybridized carbons (Fsp3) is 0.833. The number of halogens is 2. The van der Waals surface area contributed by atoms with E-state index in [-0.39, 0.29) is 13.0 Å². The molecular formula is C6H9F2NO. The second-order valence-corrected chi connectivity index (χ2v) is 2.59. The van der Waals surface area contributed by atoms with Gasteiger partial charge in [-0.1, -0.05) is 0 Å². The molecule has 2 nitrogen and oxygen atoms in total. The van der Waals surface area contributed by atoms with Crippen molar-refractivity contribution in [2.75, 3.05) is 13.1 Å². The molecule has 1 fully saturated rings. The largest absolute Gasteiger partial charge is 0.310 e. The molecule has 1 N–H and O–H groups in total. The van der Waals surface area contributed by atoms with E-state index in [0.29, 0.717) is 12.8 Å². The molecule has 1 atom stereocenters. The molecule has 1 saturated heterocycles. The Kier molecular flexibility index (Phi) is 1.99. The highest BCUT2D eigenvalue weighted by molar-refractivity contribution is 5.54. The van der Waals surface area contributed by atoms with Crippen LogP contribution in [-0.2, 0) is 4.79 Å². The molecule has 1 aliphatic rings. The van der Waals surface area contributed by atoms with E-state index in [9.17, 15) is 13.6 Å². The Hall–Kier alpha value is -0.510. The zero-order valence-corrected chi connectivity index (χ0v) is 5.44. The van der Waals surface area contributed by atoms with Crippen LogP contribution in [0.25, 0.3) is 0 Å². The van der Waals surface area contributed by atoms with Crippen molar-refractivity contribution in [3.63, 3.8) is 0 Å². The van der Waals surface area contributed by atoms with Gasteiger partial charge in [-0.05, 0) is 0 Å². The lowest BCUT2D eigenvalue weighted by molar-refractivity contribution is -0.116. The molecule has 0 aromatic heterocycles. The van der Waals surface area contributed by atoms with Gasteiger partial charge in [0.2, 0.25) is 0 Å². The van der Waals surface area contributed by atoms with Crippen molar-refractivity contribution < 1.29 is 13.6 Å². The minimum atomic E-state index is -2.69. The molecule has 0 aromatic carbocycles. The maximum atomic E-state index is 12.4. The van der Waals surface area contributed by atoms with E-state index in [1.807, 2.05) is 0 Å². The number of carbonyl (C=O) groups is 1. The Morgan fingerprint density at radius 3 is 2.70 bits per heavy atom. The van der Waals surface area contributed by atoms with E-state index in [0.717, 1.165) is 0 Å². The summed E-state index contributed by atoms with van der Waals surface area (Å²) in [5, 5.41) is 2.49. The zero-order valence-electron chi connectivity index (χ0n) is 5.44. The summed E-state index contributed by atoms with van der Waals surface area (Å²) < 4.78 is 24.8. The first-order valence-electron chi connectivity index (χ1n) is 3.18. The molecule has 1 heterocycles. The van der Waals surface area contributed by atoms with Crippen molar-refractivity contribution in [1.82, 2.24) is 5.32 Å². The van der Waals surface area contributed by atoms with Crippen molar-refractivity contribution in [3.8, 4) is 0 Å². The summed E-state index contributed by atoms with van der Waals surface area (Å²) in [4.78, 5) is 10.1. The lowest BCUT2D eigenvalue weighted by Crippen LogP contribution is -2.44. The number of piperidine rings is 1. The van der Waals surface area contributed by atoms with E-state index in [4.69, 9.17) is 0 Å². The van der Waals surface area contributed by atoms with Crippen molar-refractivity contribution in [2.45, 2.75) is 12.3 Å². The van der Waals surface area contributed by atoms with E-state index in [1.54, 1.807) is 0 Å². The molecule has 0 aromatic rings. The normalized spacial score (nSPS) is 31.6. The molecule has 0 amide bonds. The predicted octanol–water partition coefficient (Wildman–Crippen LogP) is 0.430. The summed E-state index contributed by atoms with van der Waals surface area (Å²) in [6, 6.07) is 0. The van der Waals surface area contributed by atoms with Gasteiger partial charge in [0, 0.05) is 18.9 Å². The van der Waals surface area contributed by atoms with Gasteiger partial charge in [-0.2, -0.15) is 0 Å². The number of aldehydes is 1. The fourth-order valence-electron chi connectivity index (χ4n) is 1.06. The topological polar surface area (TPSA) is 29.1 Å². The first kappa shape index (κ1) is 7.60. The van der Waals surface area contributed by atoms with Crippen molar-refractivity contribution in [3.05, 3.63) is 0 Å². The summed E-state index contributed by atoms with van der Waals surface area (Å²) in [6.45, 7) is 0.0937. The van der Waals surface area contributed by atoms with Crippen LogP contribution in [0.2, 0.25) is 0 Å². The molecule has 0 aliphatic carbocycles. The van der Waals surface area contributed by atoms with Gasteiger partial charge >= 0.3 is 0 Å². The molecule has 10 heavy (non-hydrogen) atoms. The van der Waals surface area contributed by atoms with Crippen LogP contribution in [0.1, 0.15) is 6.42 Å². The van der Waals surface area contributed by atoms with Gasteiger partial charge in [0.25, 0.3) is 5.92 Å². The molecular weight excluding hydrogens is 140 g/mol. The molecule has 0 bridgehead atoms. The van der Waals surface area contributed by atoms with Crippen molar-refractivity contribution in [2.24, 2.45) is 5.92 Å². The highest BCUT2D eigenvalue weighted by atomic mass is 19.3. The third kappa shape index (κ3) is 1.73. The van der Waals surface area contributed by atoms with Crippen LogP contribution in [0.15, 0.2) is 0 Å². The number of nitrogens with one attached hydrogen (secondary N) is 1. The summed E-state index contributed by atoms with van der Waals surface area (Å²) >= 11 is 0. The maximum Gasteiger partial charge on any atom is 0.261 e. The SMILES string of the molecule is O=CC1CNCC(F)(F)C1. The number of hydrogen-bond donors (Lipinski definition) is 1. The standard InChI is InChI=1S/C6H9F2NO/c7-6(8)1-5(3-10)2-9-4-6/h3,5,9H,1-2,4H2. The van der Waals surface area contributed by atoms with E-state index in [1.165, 1.54) is 0 Å². The van der Waals surface area contributed by atoms with Gasteiger partial charge in [0.05, 0.1) is 6.54 Å². The van der Waals surface area contributed by atoms with Crippen molar-refractivity contribution >= 4 is 6.29 Å². The Balaban J connectivity index is 2.47. The van der Waals surface area contributed by atoms with Gasteiger partial charge in [0.1, 0.15) is 6.29 Å². The Bertz CT molecular complexity index is 138. The number of hydrogen-bond acceptors (Lipinski definition) is 2.